The molecule has 0 spiro atoms. The molecule has 0 radical (unpaired) electrons. The Morgan fingerprint density at radius 2 is 2.00 bits per heavy atom. The van der Waals surface area contributed by atoms with Gasteiger partial charge < -0.3 is 15.2 Å². The lowest BCUT2D eigenvalue weighted by atomic mass is 10.1. The van der Waals surface area contributed by atoms with E-state index in [1.807, 2.05) is 18.4 Å². The number of hydrogen-bond donors (Lipinski definition) is 2. The third kappa shape index (κ3) is 3.67. The van der Waals surface area contributed by atoms with Crippen LogP contribution in [0.4, 0.5) is 11.5 Å². The van der Waals surface area contributed by atoms with Crippen molar-refractivity contribution in [3.8, 4) is 16.5 Å². The van der Waals surface area contributed by atoms with E-state index >= 15 is 0 Å². The van der Waals surface area contributed by atoms with Crippen LogP contribution >= 0.6 is 11.3 Å². The van der Waals surface area contributed by atoms with Crippen molar-refractivity contribution in [3.63, 3.8) is 0 Å². The molecule has 0 atom stereocenters. The highest BCUT2D eigenvalue weighted by Crippen LogP contribution is 2.31. The number of benzene rings is 1. The Balaban J connectivity index is 1.97. The van der Waals surface area contributed by atoms with Gasteiger partial charge in [-0.05, 0) is 37.6 Å². The van der Waals surface area contributed by atoms with Crippen molar-refractivity contribution in [1.29, 1.82) is 0 Å². The zero-order valence-electron chi connectivity index (χ0n) is 14.7. The number of methoxy groups -OCH3 is 1. The fourth-order valence-corrected chi connectivity index (χ4v) is 3.33. The molecular formula is C19H19N3O3S. The minimum atomic E-state index is -0.947. The number of rotatable bonds is 6. The van der Waals surface area contributed by atoms with Gasteiger partial charge in [0.05, 0.1) is 12.7 Å². The van der Waals surface area contributed by atoms with Crippen LogP contribution < -0.4 is 10.1 Å². The highest BCUT2D eigenvalue weighted by molar-refractivity contribution is 7.12. The van der Waals surface area contributed by atoms with Crippen molar-refractivity contribution in [1.82, 2.24) is 9.97 Å². The Morgan fingerprint density at radius 1 is 1.27 bits per heavy atom. The molecule has 3 aromatic rings. The molecule has 0 saturated heterocycles. The molecule has 0 unspecified atom stereocenters. The molecule has 3 rings (SSSR count). The fraction of sp³-hybridized carbons (Fsp3) is 0.211. The number of thiophene rings is 1. The molecule has 2 aromatic heterocycles. The molecule has 0 aliphatic heterocycles. The van der Waals surface area contributed by atoms with Crippen LogP contribution in [0.1, 0.15) is 28.5 Å². The Morgan fingerprint density at radius 3 is 2.58 bits per heavy atom. The molecule has 0 fully saturated rings. The standard InChI is InChI=1S/C19H19N3O3S/c1-4-15-11(2)20-17(13-9-16(25-3)26-10-13)22-18(15)21-14-7-5-12(6-8-14)19(23)24/h5-10H,4H2,1-3H3,(H,23,24)(H,20,21,22). The maximum Gasteiger partial charge on any atom is 0.335 e. The third-order valence-corrected chi connectivity index (χ3v) is 4.89. The van der Waals surface area contributed by atoms with Gasteiger partial charge in [-0.15, -0.1) is 11.3 Å². The van der Waals surface area contributed by atoms with E-state index in [-0.39, 0.29) is 5.56 Å². The summed E-state index contributed by atoms with van der Waals surface area (Å²) in [7, 11) is 1.63. The summed E-state index contributed by atoms with van der Waals surface area (Å²) in [6.45, 7) is 4.02. The van der Waals surface area contributed by atoms with Crippen molar-refractivity contribution in [3.05, 3.63) is 52.5 Å². The second-order valence-corrected chi connectivity index (χ2v) is 6.55. The van der Waals surface area contributed by atoms with E-state index in [1.165, 1.54) is 11.3 Å². The minimum Gasteiger partial charge on any atom is -0.487 e. The number of anilines is 2. The lowest BCUT2D eigenvalue weighted by Gasteiger charge is -2.14. The number of ether oxygens (including phenoxy) is 1. The number of carboxylic acid groups (broad SMARTS) is 1. The van der Waals surface area contributed by atoms with Gasteiger partial charge >= 0.3 is 5.97 Å². The van der Waals surface area contributed by atoms with Crippen LogP contribution in [0.15, 0.2) is 35.7 Å². The van der Waals surface area contributed by atoms with Gasteiger partial charge in [0.2, 0.25) is 0 Å². The summed E-state index contributed by atoms with van der Waals surface area (Å²) in [4.78, 5) is 20.3. The summed E-state index contributed by atoms with van der Waals surface area (Å²) in [5.74, 6) is 0.407. The minimum absolute atomic E-state index is 0.246. The van der Waals surface area contributed by atoms with Crippen LogP contribution in [-0.4, -0.2) is 28.2 Å². The smallest absolute Gasteiger partial charge is 0.335 e. The first-order chi connectivity index (χ1) is 12.5. The summed E-state index contributed by atoms with van der Waals surface area (Å²) in [6.07, 6.45) is 0.786. The highest BCUT2D eigenvalue weighted by Gasteiger charge is 2.14. The van der Waals surface area contributed by atoms with Crippen molar-refractivity contribution >= 4 is 28.8 Å². The van der Waals surface area contributed by atoms with Gasteiger partial charge in [-0.3, -0.25) is 0 Å². The Kier molecular flexibility index (Phi) is 5.18. The predicted octanol–water partition coefficient (Wildman–Crippen LogP) is 4.53. The van der Waals surface area contributed by atoms with Crippen molar-refractivity contribution < 1.29 is 14.6 Å². The summed E-state index contributed by atoms with van der Waals surface area (Å²) in [5, 5.41) is 15.1. The van der Waals surface area contributed by atoms with E-state index < -0.39 is 5.97 Å². The van der Waals surface area contributed by atoms with Crippen LogP contribution in [0.25, 0.3) is 11.4 Å². The third-order valence-electron chi connectivity index (χ3n) is 4.00. The molecule has 2 heterocycles. The van der Waals surface area contributed by atoms with E-state index in [1.54, 1.807) is 31.4 Å². The van der Waals surface area contributed by atoms with Gasteiger partial charge in [-0.1, -0.05) is 6.92 Å². The Labute approximate surface area is 155 Å². The first-order valence-corrected chi connectivity index (χ1v) is 9.00. The molecule has 26 heavy (non-hydrogen) atoms. The van der Waals surface area contributed by atoms with E-state index in [2.05, 4.69) is 22.2 Å². The second-order valence-electron chi connectivity index (χ2n) is 5.68. The van der Waals surface area contributed by atoms with Crippen LogP contribution in [0.3, 0.4) is 0 Å². The molecule has 0 saturated carbocycles. The van der Waals surface area contributed by atoms with Gasteiger partial charge in [-0.25, -0.2) is 14.8 Å². The molecule has 6 nitrogen and oxygen atoms in total. The van der Waals surface area contributed by atoms with Crippen LogP contribution in [-0.2, 0) is 6.42 Å². The number of hydrogen-bond acceptors (Lipinski definition) is 6. The average Bonchev–Trinajstić information content (AvgIpc) is 3.11. The quantitative estimate of drug-likeness (QED) is 0.664. The zero-order valence-corrected chi connectivity index (χ0v) is 15.6. The number of aromatic carboxylic acids is 1. The Bertz CT molecular complexity index is 936. The van der Waals surface area contributed by atoms with E-state index in [0.29, 0.717) is 5.82 Å². The second kappa shape index (κ2) is 7.53. The fourth-order valence-electron chi connectivity index (χ4n) is 2.63. The average molecular weight is 369 g/mol. The number of aryl methyl sites for hydroxylation is 1. The first kappa shape index (κ1) is 17.9. The molecule has 0 bridgehead atoms. The molecule has 7 heteroatoms. The molecule has 134 valence electrons. The van der Waals surface area contributed by atoms with E-state index in [0.717, 1.165) is 39.8 Å². The summed E-state index contributed by atoms with van der Waals surface area (Å²) in [5.41, 5.74) is 3.86. The molecule has 0 aliphatic rings. The summed E-state index contributed by atoms with van der Waals surface area (Å²) < 4.78 is 5.25. The topological polar surface area (TPSA) is 84.3 Å². The molecular weight excluding hydrogens is 350 g/mol. The normalized spacial score (nSPS) is 10.6. The van der Waals surface area contributed by atoms with Crippen LogP contribution in [0.2, 0.25) is 0 Å². The van der Waals surface area contributed by atoms with Gasteiger partial charge in [-0.2, -0.15) is 0 Å². The van der Waals surface area contributed by atoms with Gasteiger partial charge in [0.1, 0.15) is 5.82 Å². The molecule has 2 N–H and O–H groups in total. The largest absolute Gasteiger partial charge is 0.487 e. The SMILES string of the molecule is CCc1c(C)nc(-c2csc(OC)c2)nc1Nc1ccc(C(=O)O)cc1. The molecule has 0 aliphatic carbocycles. The monoisotopic (exact) mass is 369 g/mol. The van der Waals surface area contributed by atoms with Crippen LogP contribution in [0, 0.1) is 6.92 Å². The number of carbonyl (C=O) groups is 1. The zero-order chi connectivity index (χ0) is 18.7. The number of nitrogens with one attached hydrogen (secondary N) is 1. The molecule has 1 aromatic carbocycles. The van der Waals surface area contributed by atoms with Gasteiger partial charge in [0.15, 0.2) is 10.9 Å². The van der Waals surface area contributed by atoms with Crippen LogP contribution in [0.5, 0.6) is 5.06 Å². The van der Waals surface area contributed by atoms with Crippen molar-refractivity contribution in [2.75, 3.05) is 12.4 Å². The first-order valence-electron chi connectivity index (χ1n) is 8.12. The molecule has 0 amide bonds. The summed E-state index contributed by atoms with van der Waals surface area (Å²) >= 11 is 1.50. The van der Waals surface area contributed by atoms with Crippen molar-refractivity contribution in [2.45, 2.75) is 20.3 Å². The lowest BCUT2D eigenvalue weighted by Crippen LogP contribution is -2.05. The Hall–Kier alpha value is -2.93. The number of nitrogens with zero attached hydrogens (tertiary/aromatic N) is 2. The number of carboxylic acids is 1. The highest BCUT2D eigenvalue weighted by atomic mass is 32.1. The summed E-state index contributed by atoms with van der Waals surface area (Å²) in [6, 6.07) is 8.50. The number of aromatic nitrogens is 2. The van der Waals surface area contributed by atoms with Gasteiger partial charge in [0.25, 0.3) is 0 Å². The van der Waals surface area contributed by atoms with E-state index in [9.17, 15) is 4.79 Å². The maximum atomic E-state index is 11.0. The predicted molar refractivity (Wildman–Crippen MR) is 103 cm³/mol. The van der Waals surface area contributed by atoms with Gasteiger partial charge in [0, 0.05) is 34.0 Å². The van der Waals surface area contributed by atoms with E-state index in [4.69, 9.17) is 9.84 Å². The maximum absolute atomic E-state index is 11.0. The van der Waals surface area contributed by atoms with Crippen molar-refractivity contribution in [2.24, 2.45) is 0 Å². The lowest BCUT2D eigenvalue weighted by molar-refractivity contribution is 0.0697.